The molecule has 4 heteroatoms. The molecule has 0 amide bonds. The van der Waals surface area contributed by atoms with Crippen molar-refractivity contribution in [3.63, 3.8) is 0 Å². The van der Waals surface area contributed by atoms with E-state index in [1.54, 1.807) is 14.2 Å². The van der Waals surface area contributed by atoms with Crippen molar-refractivity contribution in [2.24, 2.45) is 0 Å². The van der Waals surface area contributed by atoms with E-state index < -0.39 is 0 Å². The summed E-state index contributed by atoms with van der Waals surface area (Å²) in [6, 6.07) is 8.19. The van der Waals surface area contributed by atoms with Gasteiger partial charge in [-0.3, -0.25) is 0 Å². The minimum Gasteiger partial charge on any atom is -0.491 e. The lowest BCUT2D eigenvalue weighted by atomic mass is 10.1. The average molecular weight is 267 g/mol. The summed E-state index contributed by atoms with van der Waals surface area (Å²) in [6.07, 6.45) is 2.11. The standard InChI is InChI=1S/C15H25NO3/c1-17-11-10-16-9-5-7-14-6-3-4-8-15(14)19-13-12-18-2/h3-4,6,8,16H,5,7,9-13H2,1-2H3. The maximum Gasteiger partial charge on any atom is 0.122 e. The van der Waals surface area contributed by atoms with Gasteiger partial charge in [0.1, 0.15) is 12.4 Å². The second kappa shape index (κ2) is 10.8. The molecular weight excluding hydrogens is 242 g/mol. The molecule has 4 nitrogen and oxygen atoms in total. The number of ether oxygens (including phenoxy) is 3. The largest absolute Gasteiger partial charge is 0.491 e. The lowest BCUT2D eigenvalue weighted by molar-refractivity contribution is 0.145. The number of rotatable bonds is 11. The molecule has 1 rings (SSSR count). The van der Waals surface area contributed by atoms with Gasteiger partial charge in [-0.25, -0.2) is 0 Å². The highest BCUT2D eigenvalue weighted by molar-refractivity contribution is 5.33. The van der Waals surface area contributed by atoms with Crippen LogP contribution in [0.5, 0.6) is 5.75 Å². The SMILES string of the molecule is COCCNCCCc1ccccc1OCCOC. The fourth-order valence-corrected chi connectivity index (χ4v) is 1.79. The quantitative estimate of drug-likeness (QED) is 0.621. The van der Waals surface area contributed by atoms with Gasteiger partial charge >= 0.3 is 0 Å². The monoisotopic (exact) mass is 267 g/mol. The summed E-state index contributed by atoms with van der Waals surface area (Å²) in [4.78, 5) is 0. The lowest BCUT2D eigenvalue weighted by Crippen LogP contribution is -2.20. The van der Waals surface area contributed by atoms with Crippen molar-refractivity contribution in [3.8, 4) is 5.75 Å². The minimum atomic E-state index is 0.597. The van der Waals surface area contributed by atoms with Gasteiger partial charge in [0.15, 0.2) is 0 Å². The Kier molecular flexibility index (Phi) is 9.06. The molecule has 0 radical (unpaired) electrons. The van der Waals surface area contributed by atoms with Crippen LogP contribution < -0.4 is 10.1 Å². The van der Waals surface area contributed by atoms with Crippen LogP contribution in [-0.2, 0) is 15.9 Å². The Bertz CT molecular complexity index is 331. The van der Waals surface area contributed by atoms with Crippen molar-refractivity contribution in [2.75, 3.05) is 47.1 Å². The van der Waals surface area contributed by atoms with Gasteiger partial charge in [0.05, 0.1) is 13.2 Å². The van der Waals surface area contributed by atoms with Crippen LogP contribution in [0.15, 0.2) is 24.3 Å². The van der Waals surface area contributed by atoms with Crippen molar-refractivity contribution < 1.29 is 14.2 Å². The fraction of sp³-hybridized carbons (Fsp3) is 0.600. The highest BCUT2D eigenvalue weighted by Crippen LogP contribution is 2.19. The molecule has 19 heavy (non-hydrogen) atoms. The van der Waals surface area contributed by atoms with E-state index in [0.29, 0.717) is 13.2 Å². The van der Waals surface area contributed by atoms with E-state index in [0.717, 1.165) is 38.3 Å². The summed E-state index contributed by atoms with van der Waals surface area (Å²) in [6.45, 7) is 3.88. The van der Waals surface area contributed by atoms with Crippen molar-refractivity contribution in [1.29, 1.82) is 0 Å². The number of hydrogen-bond donors (Lipinski definition) is 1. The zero-order valence-electron chi connectivity index (χ0n) is 12.0. The molecule has 0 aliphatic heterocycles. The molecule has 0 aliphatic carbocycles. The number of methoxy groups -OCH3 is 2. The zero-order chi connectivity index (χ0) is 13.8. The first kappa shape index (κ1) is 16.0. The molecule has 1 aromatic carbocycles. The molecule has 1 N–H and O–H groups in total. The van der Waals surface area contributed by atoms with Crippen LogP contribution in [0.25, 0.3) is 0 Å². The topological polar surface area (TPSA) is 39.7 Å². The number of aryl methyl sites for hydroxylation is 1. The summed E-state index contributed by atoms with van der Waals surface area (Å²) in [7, 11) is 3.40. The molecule has 0 aliphatic rings. The zero-order valence-corrected chi connectivity index (χ0v) is 12.0. The second-order valence-corrected chi connectivity index (χ2v) is 4.30. The summed E-state index contributed by atoms with van der Waals surface area (Å²) in [5, 5.41) is 3.34. The molecule has 0 spiro atoms. The smallest absolute Gasteiger partial charge is 0.122 e. The van der Waals surface area contributed by atoms with Gasteiger partial charge in [-0.2, -0.15) is 0 Å². The molecule has 0 saturated heterocycles. The number of benzene rings is 1. The third-order valence-corrected chi connectivity index (χ3v) is 2.80. The van der Waals surface area contributed by atoms with Crippen molar-refractivity contribution in [3.05, 3.63) is 29.8 Å². The molecule has 1 aromatic rings. The Balaban J connectivity index is 2.27. The van der Waals surface area contributed by atoms with Crippen LogP contribution >= 0.6 is 0 Å². The second-order valence-electron chi connectivity index (χ2n) is 4.30. The van der Waals surface area contributed by atoms with Crippen LogP contribution in [0.4, 0.5) is 0 Å². The molecular formula is C15H25NO3. The summed E-state index contributed by atoms with van der Waals surface area (Å²) in [5.41, 5.74) is 1.26. The van der Waals surface area contributed by atoms with Crippen molar-refractivity contribution in [2.45, 2.75) is 12.8 Å². The first-order chi connectivity index (χ1) is 9.38. The Morgan fingerprint density at radius 3 is 2.53 bits per heavy atom. The normalized spacial score (nSPS) is 10.6. The molecule has 108 valence electrons. The Morgan fingerprint density at radius 2 is 1.74 bits per heavy atom. The average Bonchev–Trinajstić information content (AvgIpc) is 2.44. The Hall–Kier alpha value is -1.10. The Labute approximate surface area is 116 Å². The van der Waals surface area contributed by atoms with Gasteiger partial charge in [0.2, 0.25) is 0 Å². The van der Waals surface area contributed by atoms with E-state index in [1.165, 1.54) is 5.56 Å². The van der Waals surface area contributed by atoms with E-state index in [4.69, 9.17) is 14.2 Å². The molecule has 0 heterocycles. The van der Waals surface area contributed by atoms with Crippen molar-refractivity contribution in [1.82, 2.24) is 5.32 Å². The fourth-order valence-electron chi connectivity index (χ4n) is 1.79. The summed E-state index contributed by atoms with van der Waals surface area (Å²) < 4.78 is 15.7. The molecule has 0 aromatic heterocycles. The van der Waals surface area contributed by atoms with Crippen LogP contribution in [-0.4, -0.2) is 47.1 Å². The number of para-hydroxylation sites is 1. The number of nitrogens with one attached hydrogen (secondary N) is 1. The summed E-state index contributed by atoms with van der Waals surface area (Å²) >= 11 is 0. The summed E-state index contributed by atoms with van der Waals surface area (Å²) in [5.74, 6) is 0.969. The van der Waals surface area contributed by atoms with Gasteiger partial charge < -0.3 is 19.5 Å². The first-order valence-corrected chi connectivity index (χ1v) is 6.77. The lowest BCUT2D eigenvalue weighted by Gasteiger charge is -2.11. The van der Waals surface area contributed by atoms with E-state index in [1.807, 2.05) is 12.1 Å². The molecule has 0 unspecified atom stereocenters. The minimum absolute atomic E-state index is 0.597. The first-order valence-electron chi connectivity index (χ1n) is 6.77. The molecule has 0 atom stereocenters. The van der Waals surface area contributed by atoms with Crippen LogP contribution in [0.2, 0.25) is 0 Å². The molecule has 0 saturated carbocycles. The van der Waals surface area contributed by atoms with Crippen LogP contribution in [0.1, 0.15) is 12.0 Å². The van der Waals surface area contributed by atoms with Gasteiger partial charge in [0.25, 0.3) is 0 Å². The predicted octanol–water partition coefficient (Wildman–Crippen LogP) is 1.88. The highest BCUT2D eigenvalue weighted by Gasteiger charge is 2.02. The Morgan fingerprint density at radius 1 is 0.947 bits per heavy atom. The maximum absolute atomic E-state index is 5.71. The van der Waals surface area contributed by atoms with Crippen molar-refractivity contribution >= 4 is 0 Å². The van der Waals surface area contributed by atoms with E-state index in [9.17, 15) is 0 Å². The van der Waals surface area contributed by atoms with Gasteiger partial charge in [0, 0.05) is 20.8 Å². The van der Waals surface area contributed by atoms with E-state index in [-0.39, 0.29) is 0 Å². The molecule has 0 bridgehead atoms. The predicted molar refractivity (Wildman–Crippen MR) is 76.9 cm³/mol. The van der Waals surface area contributed by atoms with Gasteiger partial charge in [-0.1, -0.05) is 18.2 Å². The van der Waals surface area contributed by atoms with E-state index >= 15 is 0 Å². The number of hydrogen-bond acceptors (Lipinski definition) is 4. The molecule has 0 fully saturated rings. The van der Waals surface area contributed by atoms with Gasteiger partial charge in [-0.15, -0.1) is 0 Å². The third-order valence-electron chi connectivity index (χ3n) is 2.80. The van der Waals surface area contributed by atoms with E-state index in [2.05, 4.69) is 17.4 Å². The van der Waals surface area contributed by atoms with Gasteiger partial charge in [-0.05, 0) is 31.0 Å². The third kappa shape index (κ3) is 7.15. The maximum atomic E-state index is 5.71. The highest BCUT2D eigenvalue weighted by atomic mass is 16.5. The van der Waals surface area contributed by atoms with Crippen LogP contribution in [0.3, 0.4) is 0 Å². The van der Waals surface area contributed by atoms with Crippen LogP contribution in [0, 0.1) is 0 Å².